The van der Waals surface area contributed by atoms with Crippen LogP contribution in [0.1, 0.15) is 20.3 Å². The van der Waals surface area contributed by atoms with Gasteiger partial charge in [0.2, 0.25) is 11.8 Å². The number of anilines is 1. The second-order valence-electron chi connectivity index (χ2n) is 8.65. The van der Waals surface area contributed by atoms with Gasteiger partial charge < -0.3 is 19.4 Å². The summed E-state index contributed by atoms with van der Waals surface area (Å²) in [7, 11) is 0. The van der Waals surface area contributed by atoms with Crippen molar-refractivity contribution in [2.75, 3.05) is 57.4 Å². The van der Waals surface area contributed by atoms with Crippen LogP contribution in [-0.4, -0.2) is 91.1 Å². The third kappa shape index (κ3) is 4.45. The zero-order valence-electron chi connectivity index (χ0n) is 18.9. The molecule has 0 radical (unpaired) electrons. The molecule has 32 heavy (non-hydrogen) atoms. The molecular formula is C23H33N5O4. The number of nitrogens with zero attached hydrogens (tertiary/aromatic N) is 4. The predicted octanol–water partition coefficient (Wildman–Crippen LogP) is 1.17. The van der Waals surface area contributed by atoms with E-state index in [-0.39, 0.29) is 35.8 Å². The standard InChI is InChI=1S/C23H33N5O4/c1-3-10-25-15-18(21(29)26-11-13-27(14-12-26)23(31)32-4-2)20-19(16-25)22(30)28(24-20)17-8-6-5-7-9-17/h5-9,18-20,24H,3-4,10-16H2,1-2H3. The van der Waals surface area contributed by atoms with Gasteiger partial charge in [0.1, 0.15) is 0 Å². The number of ether oxygens (including phenoxy) is 1. The minimum Gasteiger partial charge on any atom is -0.450 e. The van der Waals surface area contributed by atoms with Crippen molar-refractivity contribution in [1.29, 1.82) is 0 Å². The Labute approximate surface area is 189 Å². The Balaban J connectivity index is 1.48. The lowest BCUT2D eigenvalue weighted by Crippen LogP contribution is -2.60. The molecule has 0 spiro atoms. The van der Waals surface area contributed by atoms with E-state index in [4.69, 9.17) is 4.74 Å². The fourth-order valence-electron chi connectivity index (χ4n) is 5.00. The third-order valence-electron chi connectivity index (χ3n) is 6.58. The molecule has 9 nitrogen and oxygen atoms in total. The number of amides is 3. The molecule has 4 rings (SSSR count). The second kappa shape index (κ2) is 9.87. The fourth-order valence-corrected chi connectivity index (χ4v) is 5.00. The van der Waals surface area contributed by atoms with Crippen molar-refractivity contribution in [3.63, 3.8) is 0 Å². The number of para-hydroxylation sites is 1. The summed E-state index contributed by atoms with van der Waals surface area (Å²) in [5.74, 6) is -0.496. The van der Waals surface area contributed by atoms with Crippen LogP contribution in [0.15, 0.2) is 30.3 Å². The SMILES string of the molecule is CCCN1CC(C(=O)N2CCN(C(=O)OCC)CC2)C2NN(c3ccccc3)C(=O)C2C1. The molecule has 174 valence electrons. The molecule has 1 aromatic carbocycles. The quantitative estimate of drug-likeness (QED) is 0.735. The van der Waals surface area contributed by atoms with E-state index in [0.717, 1.165) is 18.7 Å². The summed E-state index contributed by atoms with van der Waals surface area (Å²) < 4.78 is 5.08. The van der Waals surface area contributed by atoms with Crippen molar-refractivity contribution in [1.82, 2.24) is 20.1 Å². The predicted molar refractivity (Wildman–Crippen MR) is 120 cm³/mol. The molecule has 0 aliphatic carbocycles. The molecule has 3 fully saturated rings. The average Bonchev–Trinajstić information content (AvgIpc) is 3.15. The summed E-state index contributed by atoms with van der Waals surface area (Å²) in [6, 6.07) is 9.30. The molecular weight excluding hydrogens is 410 g/mol. The molecule has 1 N–H and O–H groups in total. The zero-order valence-corrected chi connectivity index (χ0v) is 18.9. The van der Waals surface area contributed by atoms with Gasteiger partial charge in [-0.3, -0.25) is 9.59 Å². The van der Waals surface area contributed by atoms with Crippen LogP contribution in [0.4, 0.5) is 10.5 Å². The first-order valence-electron chi connectivity index (χ1n) is 11.6. The zero-order chi connectivity index (χ0) is 22.7. The monoisotopic (exact) mass is 443 g/mol. The highest BCUT2D eigenvalue weighted by molar-refractivity contribution is 5.98. The number of hydrazine groups is 1. The summed E-state index contributed by atoms with van der Waals surface area (Å²) in [6.45, 7) is 8.29. The number of piperazine rings is 1. The molecule has 0 bridgehead atoms. The van der Waals surface area contributed by atoms with Crippen molar-refractivity contribution in [2.24, 2.45) is 11.8 Å². The van der Waals surface area contributed by atoms with Gasteiger partial charge in [-0.2, -0.15) is 0 Å². The number of hydrogen-bond donors (Lipinski definition) is 1. The lowest BCUT2D eigenvalue weighted by Gasteiger charge is -2.42. The minimum atomic E-state index is -0.326. The van der Waals surface area contributed by atoms with Crippen LogP contribution in [0.3, 0.4) is 0 Å². The first-order valence-corrected chi connectivity index (χ1v) is 11.6. The third-order valence-corrected chi connectivity index (χ3v) is 6.58. The van der Waals surface area contributed by atoms with Crippen molar-refractivity contribution in [2.45, 2.75) is 26.3 Å². The van der Waals surface area contributed by atoms with E-state index >= 15 is 0 Å². The number of likely N-dealkylation sites (tertiary alicyclic amines) is 1. The van der Waals surface area contributed by atoms with E-state index in [1.807, 2.05) is 35.2 Å². The Kier molecular flexibility index (Phi) is 6.95. The summed E-state index contributed by atoms with van der Waals surface area (Å²) in [5.41, 5.74) is 4.16. The topological polar surface area (TPSA) is 85.4 Å². The smallest absolute Gasteiger partial charge is 0.409 e. The van der Waals surface area contributed by atoms with E-state index in [1.165, 1.54) is 0 Å². The van der Waals surface area contributed by atoms with E-state index in [2.05, 4.69) is 17.2 Å². The number of piperidine rings is 1. The first kappa shape index (κ1) is 22.5. The largest absolute Gasteiger partial charge is 0.450 e. The van der Waals surface area contributed by atoms with Crippen LogP contribution in [0.5, 0.6) is 0 Å². The van der Waals surface area contributed by atoms with E-state index in [1.54, 1.807) is 16.8 Å². The van der Waals surface area contributed by atoms with Crippen LogP contribution >= 0.6 is 0 Å². The molecule has 3 heterocycles. The van der Waals surface area contributed by atoms with Crippen LogP contribution < -0.4 is 10.4 Å². The molecule has 0 saturated carbocycles. The Morgan fingerprint density at radius 1 is 1.03 bits per heavy atom. The van der Waals surface area contributed by atoms with Gasteiger partial charge in [0, 0.05) is 39.3 Å². The van der Waals surface area contributed by atoms with Crippen LogP contribution in [0.25, 0.3) is 0 Å². The second-order valence-corrected chi connectivity index (χ2v) is 8.65. The number of fused-ring (bicyclic) bond motifs is 1. The number of nitrogens with one attached hydrogen (secondary N) is 1. The van der Waals surface area contributed by atoms with E-state index in [0.29, 0.717) is 45.9 Å². The maximum Gasteiger partial charge on any atom is 0.409 e. The van der Waals surface area contributed by atoms with Crippen molar-refractivity contribution in [3.05, 3.63) is 30.3 Å². The van der Waals surface area contributed by atoms with Gasteiger partial charge in [-0.15, -0.1) is 0 Å². The molecule has 0 aromatic heterocycles. The van der Waals surface area contributed by atoms with Gasteiger partial charge in [0.15, 0.2) is 0 Å². The van der Waals surface area contributed by atoms with Gasteiger partial charge in [-0.25, -0.2) is 15.2 Å². The minimum absolute atomic E-state index is 0.0203. The van der Waals surface area contributed by atoms with Crippen LogP contribution in [0, 0.1) is 11.8 Å². The number of hydrogen-bond acceptors (Lipinski definition) is 6. The van der Waals surface area contributed by atoms with Gasteiger partial charge in [-0.1, -0.05) is 25.1 Å². The Bertz CT molecular complexity index is 827. The summed E-state index contributed by atoms with van der Waals surface area (Å²) in [6.07, 6.45) is 0.647. The normalized spacial score (nSPS) is 26.2. The number of carbonyl (C=O) groups excluding carboxylic acids is 3. The molecule has 1 aromatic rings. The van der Waals surface area contributed by atoms with Crippen molar-refractivity contribution in [3.8, 4) is 0 Å². The van der Waals surface area contributed by atoms with Gasteiger partial charge in [0.05, 0.1) is 30.2 Å². The molecule has 3 unspecified atom stereocenters. The Morgan fingerprint density at radius 3 is 2.38 bits per heavy atom. The highest BCUT2D eigenvalue weighted by atomic mass is 16.6. The molecule has 3 saturated heterocycles. The fraction of sp³-hybridized carbons (Fsp3) is 0.609. The lowest BCUT2D eigenvalue weighted by molar-refractivity contribution is -0.141. The first-order chi connectivity index (χ1) is 15.5. The lowest BCUT2D eigenvalue weighted by atomic mass is 9.83. The molecule has 3 aliphatic rings. The number of carbonyl (C=O) groups is 3. The van der Waals surface area contributed by atoms with Gasteiger partial charge >= 0.3 is 6.09 Å². The van der Waals surface area contributed by atoms with E-state index < -0.39 is 0 Å². The maximum absolute atomic E-state index is 13.6. The Hall–Kier alpha value is -2.65. The maximum atomic E-state index is 13.6. The van der Waals surface area contributed by atoms with Crippen LogP contribution in [0.2, 0.25) is 0 Å². The number of rotatable bonds is 5. The van der Waals surface area contributed by atoms with Gasteiger partial charge in [-0.05, 0) is 32.0 Å². The van der Waals surface area contributed by atoms with Crippen LogP contribution in [-0.2, 0) is 14.3 Å². The number of benzene rings is 1. The molecule has 9 heteroatoms. The summed E-state index contributed by atoms with van der Waals surface area (Å²) in [5, 5.41) is 1.61. The summed E-state index contributed by atoms with van der Waals surface area (Å²) >= 11 is 0. The average molecular weight is 444 g/mol. The Morgan fingerprint density at radius 2 is 1.72 bits per heavy atom. The highest BCUT2D eigenvalue weighted by Crippen LogP contribution is 2.33. The molecule has 3 atom stereocenters. The van der Waals surface area contributed by atoms with Crippen molar-refractivity contribution < 1.29 is 19.1 Å². The highest BCUT2D eigenvalue weighted by Gasteiger charge is 2.51. The van der Waals surface area contributed by atoms with Gasteiger partial charge in [0.25, 0.3) is 0 Å². The summed E-state index contributed by atoms with van der Waals surface area (Å²) in [4.78, 5) is 44.6. The molecule has 3 amide bonds. The van der Waals surface area contributed by atoms with E-state index in [9.17, 15) is 14.4 Å². The molecule has 3 aliphatic heterocycles. The van der Waals surface area contributed by atoms with Crippen molar-refractivity contribution >= 4 is 23.6 Å².